The second-order valence-corrected chi connectivity index (χ2v) is 5.99. The fourth-order valence-corrected chi connectivity index (χ4v) is 2.69. The van der Waals surface area contributed by atoms with Crippen molar-refractivity contribution in [3.63, 3.8) is 0 Å². The van der Waals surface area contributed by atoms with Crippen molar-refractivity contribution in [3.05, 3.63) is 57.6 Å². The van der Waals surface area contributed by atoms with E-state index in [0.29, 0.717) is 5.02 Å². The van der Waals surface area contributed by atoms with E-state index < -0.39 is 5.91 Å². The molecule has 2 rings (SSSR count). The zero-order valence-corrected chi connectivity index (χ0v) is 14.8. The summed E-state index contributed by atoms with van der Waals surface area (Å²) in [6.07, 6.45) is 0. The molecule has 0 aliphatic rings. The number of carbonyl (C=O) groups is 1. The molecule has 4 nitrogen and oxygen atoms in total. The molecule has 0 bridgehead atoms. The topological polar surface area (TPSA) is 50.4 Å². The molecule has 0 fully saturated rings. The second kappa shape index (κ2) is 7.64. The molecule has 2 N–H and O–H groups in total. The molecule has 0 saturated heterocycles. The van der Waals surface area contributed by atoms with E-state index in [4.69, 9.17) is 40.2 Å². The minimum Gasteiger partial charge on any atom is -0.494 e. The van der Waals surface area contributed by atoms with Gasteiger partial charge >= 0.3 is 0 Å². The van der Waals surface area contributed by atoms with E-state index in [1.807, 2.05) is 31.2 Å². The Kier molecular flexibility index (Phi) is 5.82. The van der Waals surface area contributed by atoms with Crippen molar-refractivity contribution in [1.29, 1.82) is 0 Å². The highest BCUT2D eigenvalue weighted by molar-refractivity contribution is 7.80. The van der Waals surface area contributed by atoms with Crippen LogP contribution in [-0.4, -0.2) is 18.1 Å². The molecule has 0 aromatic heterocycles. The molecular formula is C16H14Cl2N2O2S. The third kappa shape index (κ3) is 4.58. The van der Waals surface area contributed by atoms with Crippen LogP contribution < -0.4 is 15.4 Å². The van der Waals surface area contributed by atoms with Crippen LogP contribution in [0.3, 0.4) is 0 Å². The average Bonchev–Trinajstić information content (AvgIpc) is 2.48. The standard InChI is InChI=1S/C16H14Cl2N2O2S/c1-9-3-5-11(6-4-9)19-16(23)20-15(21)12-7-10(17)8-13(18)14(12)22-2/h3-8H,1-2H3,(H2,19,20,21,23). The molecule has 0 heterocycles. The van der Waals surface area contributed by atoms with Crippen molar-refractivity contribution in [1.82, 2.24) is 5.32 Å². The number of hydrogen-bond donors (Lipinski definition) is 2. The summed E-state index contributed by atoms with van der Waals surface area (Å²) < 4.78 is 5.15. The van der Waals surface area contributed by atoms with Gasteiger partial charge in [-0.15, -0.1) is 0 Å². The Morgan fingerprint density at radius 3 is 2.43 bits per heavy atom. The summed E-state index contributed by atoms with van der Waals surface area (Å²) in [5.41, 5.74) is 2.11. The maximum atomic E-state index is 12.3. The molecule has 0 unspecified atom stereocenters. The molecule has 7 heteroatoms. The molecule has 0 radical (unpaired) electrons. The summed E-state index contributed by atoms with van der Waals surface area (Å²) in [5, 5.41) is 6.25. The predicted octanol–water partition coefficient (Wildman–Crippen LogP) is 4.44. The molecule has 0 atom stereocenters. The van der Waals surface area contributed by atoms with Gasteiger partial charge in [-0.3, -0.25) is 10.1 Å². The highest BCUT2D eigenvalue weighted by Gasteiger charge is 2.17. The molecule has 120 valence electrons. The van der Waals surface area contributed by atoms with Crippen LogP contribution in [0.4, 0.5) is 5.69 Å². The van der Waals surface area contributed by atoms with Crippen molar-refractivity contribution in [2.45, 2.75) is 6.92 Å². The number of anilines is 1. The first-order valence-corrected chi connectivity index (χ1v) is 7.79. The first-order valence-electron chi connectivity index (χ1n) is 6.62. The monoisotopic (exact) mass is 368 g/mol. The number of nitrogens with one attached hydrogen (secondary N) is 2. The number of hydrogen-bond acceptors (Lipinski definition) is 3. The second-order valence-electron chi connectivity index (χ2n) is 4.74. The highest BCUT2D eigenvalue weighted by atomic mass is 35.5. The van der Waals surface area contributed by atoms with Gasteiger partial charge in [0.05, 0.1) is 17.7 Å². The van der Waals surface area contributed by atoms with Gasteiger partial charge in [0.1, 0.15) is 5.75 Å². The van der Waals surface area contributed by atoms with Crippen LogP contribution >= 0.6 is 35.4 Å². The van der Waals surface area contributed by atoms with Crippen molar-refractivity contribution in [2.24, 2.45) is 0 Å². The number of aryl methyl sites for hydroxylation is 1. The van der Waals surface area contributed by atoms with Crippen LogP contribution in [0.1, 0.15) is 15.9 Å². The van der Waals surface area contributed by atoms with Gasteiger partial charge in [0.15, 0.2) is 5.11 Å². The van der Waals surface area contributed by atoms with Gasteiger partial charge in [-0.2, -0.15) is 0 Å². The van der Waals surface area contributed by atoms with Crippen molar-refractivity contribution in [2.75, 3.05) is 12.4 Å². The Bertz CT molecular complexity index is 748. The van der Waals surface area contributed by atoms with Crippen LogP contribution in [0.25, 0.3) is 0 Å². The summed E-state index contributed by atoms with van der Waals surface area (Å²) in [6, 6.07) is 10.6. The van der Waals surface area contributed by atoms with Gasteiger partial charge in [-0.25, -0.2) is 0 Å². The number of ether oxygens (including phenoxy) is 1. The maximum absolute atomic E-state index is 12.3. The molecule has 0 saturated carbocycles. The largest absolute Gasteiger partial charge is 0.494 e. The number of rotatable bonds is 3. The fraction of sp³-hybridized carbons (Fsp3) is 0.125. The first-order chi connectivity index (χ1) is 10.9. The van der Waals surface area contributed by atoms with Gasteiger partial charge in [0, 0.05) is 10.7 Å². The van der Waals surface area contributed by atoms with Crippen molar-refractivity contribution >= 4 is 52.1 Å². The molecule has 0 aliphatic heterocycles. The summed E-state index contributed by atoms with van der Waals surface area (Å²) in [7, 11) is 1.43. The summed E-state index contributed by atoms with van der Waals surface area (Å²) in [4.78, 5) is 12.3. The van der Waals surface area contributed by atoms with Crippen molar-refractivity contribution in [3.8, 4) is 5.75 Å². The highest BCUT2D eigenvalue weighted by Crippen LogP contribution is 2.32. The van der Waals surface area contributed by atoms with E-state index in [1.165, 1.54) is 19.2 Å². The summed E-state index contributed by atoms with van der Waals surface area (Å²) >= 11 is 17.1. The Labute approximate surface area is 149 Å². The lowest BCUT2D eigenvalue weighted by molar-refractivity contribution is 0.0975. The molecule has 0 spiro atoms. The molecule has 1 amide bonds. The van der Waals surface area contributed by atoms with Gasteiger partial charge in [-0.1, -0.05) is 40.9 Å². The third-order valence-corrected chi connectivity index (χ3v) is 3.70. The zero-order valence-electron chi connectivity index (χ0n) is 12.4. The molecule has 23 heavy (non-hydrogen) atoms. The Hall–Kier alpha value is -1.82. The van der Waals surface area contributed by atoms with Crippen LogP contribution in [0, 0.1) is 6.92 Å². The SMILES string of the molecule is COc1c(Cl)cc(Cl)cc1C(=O)NC(=S)Nc1ccc(C)cc1. The Morgan fingerprint density at radius 2 is 1.83 bits per heavy atom. The Morgan fingerprint density at radius 1 is 1.17 bits per heavy atom. The number of amides is 1. The maximum Gasteiger partial charge on any atom is 0.261 e. The van der Waals surface area contributed by atoms with E-state index >= 15 is 0 Å². The van der Waals surface area contributed by atoms with E-state index in [2.05, 4.69) is 10.6 Å². The zero-order chi connectivity index (χ0) is 17.0. The van der Waals surface area contributed by atoms with Crippen LogP contribution in [0.5, 0.6) is 5.75 Å². The predicted molar refractivity (Wildman–Crippen MR) is 97.9 cm³/mol. The van der Waals surface area contributed by atoms with Crippen molar-refractivity contribution < 1.29 is 9.53 Å². The number of thiocarbonyl (C=S) groups is 1. The van der Waals surface area contributed by atoms with Crippen LogP contribution in [0.15, 0.2) is 36.4 Å². The van der Waals surface area contributed by atoms with Gasteiger partial charge < -0.3 is 10.1 Å². The third-order valence-electron chi connectivity index (χ3n) is 2.99. The van der Waals surface area contributed by atoms with E-state index in [0.717, 1.165) is 11.3 Å². The number of methoxy groups -OCH3 is 1. The minimum absolute atomic E-state index is 0.164. The normalized spacial score (nSPS) is 10.1. The quantitative estimate of drug-likeness (QED) is 0.786. The summed E-state index contributed by atoms with van der Waals surface area (Å²) in [5.74, 6) is -0.220. The van der Waals surface area contributed by atoms with E-state index in [9.17, 15) is 4.79 Å². The van der Waals surface area contributed by atoms with E-state index in [-0.39, 0.29) is 21.4 Å². The van der Waals surface area contributed by atoms with Crippen LogP contribution in [0.2, 0.25) is 10.0 Å². The number of carbonyl (C=O) groups excluding carboxylic acids is 1. The average molecular weight is 369 g/mol. The first kappa shape index (κ1) is 17.5. The fourth-order valence-electron chi connectivity index (χ4n) is 1.91. The van der Waals surface area contributed by atoms with Gasteiger partial charge in [-0.05, 0) is 43.4 Å². The number of halogens is 2. The number of benzene rings is 2. The Balaban J connectivity index is 2.12. The lowest BCUT2D eigenvalue weighted by Crippen LogP contribution is -2.34. The lowest BCUT2D eigenvalue weighted by atomic mass is 10.2. The smallest absolute Gasteiger partial charge is 0.261 e. The van der Waals surface area contributed by atoms with Gasteiger partial charge in [0.2, 0.25) is 0 Å². The summed E-state index contributed by atoms with van der Waals surface area (Å²) in [6.45, 7) is 1.99. The van der Waals surface area contributed by atoms with Gasteiger partial charge in [0.25, 0.3) is 5.91 Å². The van der Waals surface area contributed by atoms with E-state index in [1.54, 1.807) is 0 Å². The molecular weight excluding hydrogens is 355 g/mol. The lowest BCUT2D eigenvalue weighted by Gasteiger charge is -2.13. The molecule has 2 aromatic carbocycles. The molecule has 0 aliphatic carbocycles. The molecule has 2 aromatic rings. The van der Waals surface area contributed by atoms with Crippen LogP contribution in [-0.2, 0) is 0 Å². The minimum atomic E-state index is -0.462.